The van der Waals surface area contributed by atoms with Gasteiger partial charge in [0.15, 0.2) is 5.82 Å². The second kappa shape index (κ2) is 7.66. The number of benzene rings is 1. The number of aromatic amines is 1. The van der Waals surface area contributed by atoms with Crippen molar-refractivity contribution in [2.45, 2.75) is 56.9 Å². The number of hydrogen-bond donors (Lipinski definition) is 3. The van der Waals surface area contributed by atoms with Crippen molar-refractivity contribution in [3.05, 3.63) is 59.0 Å². The van der Waals surface area contributed by atoms with Crippen molar-refractivity contribution in [1.29, 1.82) is 0 Å². The molecular weight excluding hydrogens is 386 g/mol. The van der Waals surface area contributed by atoms with Gasteiger partial charge in [-0.15, -0.1) is 0 Å². The lowest BCUT2D eigenvalue weighted by Crippen LogP contribution is -2.14. The molecule has 156 valence electrons. The number of H-pyrrole nitrogens is 1. The summed E-state index contributed by atoms with van der Waals surface area (Å²) in [6.45, 7) is 1.95. The number of rotatable bonds is 8. The van der Waals surface area contributed by atoms with Gasteiger partial charge in [-0.25, -0.2) is 18.7 Å². The largest absolute Gasteiger partial charge is 0.363 e. The van der Waals surface area contributed by atoms with Crippen LogP contribution >= 0.6 is 0 Å². The monoisotopic (exact) mass is 410 g/mol. The van der Waals surface area contributed by atoms with Gasteiger partial charge in [-0.05, 0) is 38.2 Å². The number of anilines is 3. The molecule has 2 aromatic heterocycles. The van der Waals surface area contributed by atoms with E-state index in [2.05, 4.69) is 30.8 Å². The summed E-state index contributed by atoms with van der Waals surface area (Å²) >= 11 is 0. The van der Waals surface area contributed by atoms with Gasteiger partial charge in [0.25, 0.3) is 0 Å². The van der Waals surface area contributed by atoms with E-state index in [1.54, 1.807) is 6.07 Å². The van der Waals surface area contributed by atoms with Crippen molar-refractivity contribution in [3.8, 4) is 0 Å². The molecular formula is C22H24F2N6. The van der Waals surface area contributed by atoms with Crippen molar-refractivity contribution in [2.75, 3.05) is 10.6 Å². The molecule has 8 heteroatoms. The van der Waals surface area contributed by atoms with E-state index in [0.717, 1.165) is 36.2 Å². The Morgan fingerprint density at radius 3 is 2.47 bits per heavy atom. The highest BCUT2D eigenvalue weighted by Gasteiger charge is 2.28. The fraction of sp³-hybridized carbons (Fsp3) is 0.409. The predicted molar refractivity (Wildman–Crippen MR) is 111 cm³/mol. The van der Waals surface area contributed by atoms with Crippen LogP contribution in [-0.4, -0.2) is 20.2 Å². The Balaban J connectivity index is 1.40. The summed E-state index contributed by atoms with van der Waals surface area (Å²) in [4.78, 5) is 9.31. The van der Waals surface area contributed by atoms with E-state index in [-0.39, 0.29) is 6.04 Å². The third kappa shape index (κ3) is 4.13. The average Bonchev–Trinajstić information content (AvgIpc) is 3.65. The van der Waals surface area contributed by atoms with E-state index in [1.807, 2.05) is 13.0 Å². The Hall–Kier alpha value is -3.03. The maximum absolute atomic E-state index is 14.3. The minimum Gasteiger partial charge on any atom is -0.363 e. The van der Waals surface area contributed by atoms with Crippen molar-refractivity contribution in [1.82, 2.24) is 20.2 Å². The van der Waals surface area contributed by atoms with Gasteiger partial charge in [-0.2, -0.15) is 5.10 Å². The number of aromatic nitrogens is 4. The van der Waals surface area contributed by atoms with Gasteiger partial charge in [-0.1, -0.05) is 13.0 Å². The highest BCUT2D eigenvalue weighted by atomic mass is 19.1. The molecule has 0 radical (unpaired) electrons. The van der Waals surface area contributed by atoms with Crippen LogP contribution in [0.3, 0.4) is 0 Å². The Bertz CT molecular complexity index is 1060. The fourth-order valence-electron chi connectivity index (χ4n) is 3.63. The number of nitrogens with one attached hydrogen (secondary N) is 3. The third-order valence-corrected chi connectivity index (χ3v) is 5.63. The maximum Gasteiger partial charge on any atom is 0.153 e. The van der Waals surface area contributed by atoms with Crippen LogP contribution < -0.4 is 10.6 Å². The second-order valence-electron chi connectivity index (χ2n) is 8.15. The quantitative estimate of drug-likeness (QED) is 0.454. The highest BCUT2D eigenvalue weighted by molar-refractivity contribution is 5.57. The Labute approximate surface area is 173 Å². The molecule has 1 unspecified atom stereocenters. The predicted octanol–water partition coefficient (Wildman–Crippen LogP) is 5.54. The molecule has 0 aliphatic heterocycles. The SMILES string of the molecule is CCC(Nc1cc(Nc2cc(C3CC3)[nH]n2)nc(C2CC2)n1)c1ccc(F)cc1F. The molecule has 2 heterocycles. The van der Waals surface area contributed by atoms with Crippen LogP contribution in [0.2, 0.25) is 0 Å². The smallest absolute Gasteiger partial charge is 0.153 e. The third-order valence-electron chi connectivity index (χ3n) is 5.63. The lowest BCUT2D eigenvalue weighted by molar-refractivity contribution is 0.558. The minimum absolute atomic E-state index is 0.327. The van der Waals surface area contributed by atoms with Crippen molar-refractivity contribution in [2.24, 2.45) is 0 Å². The first-order valence-electron chi connectivity index (χ1n) is 10.5. The molecule has 30 heavy (non-hydrogen) atoms. The normalized spacial score (nSPS) is 17.0. The van der Waals surface area contributed by atoms with Crippen LogP contribution in [0.15, 0.2) is 30.3 Å². The summed E-state index contributed by atoms with van der Waals surface area (Å²) in [5, 5.41) is 14.0. The minimum atomic E-state index is -0.583. The summed E-state index contributed by atoms with van der Waals surface area (Å²) in [6, 6.07) is 7.18. The molecule has 2 saturated carbocycles. The van der Waals surface area contributed by atoms with E-state index in [4.69, 9.17) is 0 Å². The fourth-order valence-corrected chi connectivity index (χ4v) is 3.63. The van der Waals surface area contributed by atoms with Crippen LogP contribution in [0, 0.1) is 11.6 Å². The molecule has 2 aliphatic rings. The van der Waals surface area contributed by atoms with Gasteiger partial charge in [-0.3, -0.25) is 5.10 Å². The molecule has 1 aromatic carbocycles. The molecule has 6 nitrogen and oxygen atoms in total. The van der Waals surface area contributed by atoms with Gasteiger partial charge in [0, 0.05) is 41.3 Å². The Kier molecular flexibility index (Phi) is 4.84. The topological polar surface area (TPSA) is 78.5 Å². The molecule has 5 rings (SSSR count). The molecule has 1 atom stereocenters. The Morgan fingerprint density at radius 2 is 1.77 bits per heavy atom. The number of halogens is 2. The number of hydrogen-bond acceptors (Lipinski definition) is 5. The zero-order valence-electron chi connectivity index (χ0n) is 16.8. The summed E-state index contributed by atoms with van der Waals surface area (Å²) < 4.78 is 27.6. The van der Waals surface area contributed by atoms with E-state index < -0.39 is 11.6 Å². The first kappa shape index (κ1) is 19.0. The molecule has 3 N–H and O–H groups in total. The van der Waals surface area contributed by atoms with E-state index >= 15 is 0 Å². The van der Waals surface area contributed by atoms with Gasteiger partial charge in [0.1, 0.15) is 29.1 Å². The van der Waals surface area contributed by atoms with Crippen LogP contribution in [0.5, 0.6) is 0 Å². The molecule has 2 fully saturated rings. The maximum atomic E-state index is 14.3. The molecule has 0 saturated heterocycles. The van der Waals surface area contributed by atoms with E-state index in [9.17, 15) is 8.78 Å². The first-order chi connectivity index (χ1) is 14.6. The van der Waals surface area contributed by atoms with Crippen molar-refractivity contribution >= 4 is 17.5 Å². The zero-order chi connectivity index (χ0) is 20.7. The first-order valence-corrected chi connectivity index (χ1v) is 10.5. The second-order valence-corrected chi connectivity index (χ2v) is 8.15. The van der Waals surface area contributed by atoms with Gasteiger partial charge in [0.05, 0.1) is 6.04 Å². The summed E-state index contributed by atoms with van der Waals surface area (Å²) in [5.74, 6) is 2.56. The molecule has 0 spiro atoms. The van der Waals surface area contributed by atoms with Crippen LogP contribution in [-0.2, 0) is 0 Å². The summed E-state index contributed by atoms with van der Waals surface area (Å²) in [5.41, 5.74) is 1.56. The lowest BCUT2D eigenvalue weighted by atomic mass is 10.0. The van der Waals surface area contributed by atoms with Gasteiger partial charge in [0.2, 0.25) is 0 Å². The zero-order valence-corrected chi connectivity index (χ0v) is 16.8. The van der Waals surface area contributed by atoms with Crippen LogP contribution in [0.25, 0.3) is 0 Å². The molecule has 2 aliphatic carbocycles. The van der Waals surface area contributed by atoms with Crippen LogP contribution in [0.4, 0.5) is 26.2 Å². The standard InChI is InChI=1S/C22H24F2N6/c1-2-17(15-8-7-14(23)9-16(15)24)25-19-11-20(28-22(27-19)13-5-6-13)26-21-10-18(29-30-21)12-3-4-12/h7-13,17H,2-6H2,1H3,(H3,25,26,27,28,29,30). The number of nitrogens with zero attached hydrogens (tertiary/aromatic N) is 3. The Morgan fingerprint density at radius 1 is 1.00 bits per heavy atom. The van der Waals surface area contributed by atoms with E-state index in [1.165, 1.54) is 25.0 Å². The van der Waals surface area contributed by atoms with Gasteiger partial charge < -0.3 is 10.6 Å². The molecule has 0 amide bonds. The van der Waals surface area contributed by atoms with Crippen molar-refractivity contribution < 1.29 is 8.78 Å². The highest BCUT2D eigenvalue weighted by Crippen LogP contribution is 2.41. The lowest BCUT2D eigenvalue weighted by Gasteiger charge is -2.19. The molecule has 0 bridgehead atoms. The molecule has 3 aromatic rings. The van der Waals surface area contributed by atoms with Crippen LogP contribution in [0.1, 0.15) is 74.0 Å². The van der Waals surface area contributed by atoms with Gasteiger partial charge >= 0.3 is 0 Å². The average molecular weight is 410 g/mol. The van der Waals surface area contributed by atoms with E-state index in [0.29, 0.717) is 35.5 Å². The summed E-state index contributed by atoms with van der Waals surface area (Å²) in [7, 11) is 0. The summed E-state index contributed by atoms with van der Waals surface area (Å²) in [6.07, 6.45) is 5.17. The van der Waals surface area contributed by atoms with Crippen molar-refractivity contribution in [3.63, 3.8) is 0 Å².